The Morgan fingerprint density at radius 1 is 1.57 bits per heavy atom. The summed E-state index contributed by atoms with van der Waals surface area (Å²) in [6.45, 7) is 0. The van der Waals surface area contributed by atoms with Crippen molar-refractivity contribution in [1.82, 2.24) is 4.98 Å². The number of nitrogens with zero attached hydrogens (tertiary/aromatic N) is 1. The van der Waals surface area contributed by atoms with Gasteiger partial charge in [0.25, 0.3) is 0 Å². The van der Waals surface area contributed by atoms with Crippen LogP contribution >= 0.6 is 15.9 Å². The summed E-state index contributed by atoms with van der Waals surface area (Å²) in [5.41, 5.74) is 0. The van der Waals surface area contributed by atoms with Crippen LogP contribution in [0.4, 0.5) is 10.2 Å². The summed E-state index contributed by atoms with van der Waals surface area (Å²) in [5.74, 6) is -0.316. The molecular weight excluding hydrogens is 251 g/mol. The first-order chi connectivity index (χ1) is 6.66. The first-order valence-corrected chi connectivity index (χ1v) is 5.09. The van der Waals surface area contributed by atoms with Crippen molar-refractivity contribution in [1.29, 1.82) is 0 Å². The van der Waals surface area contributed by atoms with Gasteiger partial charge in [0.2, 0.25) is 11.9 Å². The van der Waals surface area contributed by atoms with Gasteiger partial charge in [-0.1, -0.05) is 0 Å². The molecule has 1 aliphatic rings. The van der Waals surface area contributed by atoms with E-state index in [-0.39, 0.29) is 17.6 Å². The molecule has 1 aromatic rings. The third-order valence-corrected chi connectivity index (χ3v) is 2.59. The molecule has 74 valence electrons. The quantitative estimate of drug-likeness (QED) is 0.828. The molecule has 0 aromatic carbocycles. The van der Waals surface area contributed by atoms with Crippen molar-refractivity contribution in [2.24, 2.45) is 5.92 Å². The van der Waals surface area contributed by atoms with Crippen LogP contribution in [0.25, 0.3) is 0 Å². The number of carbonyl (C=O) groups is 1. The van der Waals surface area contributed by atoms with Crippen molar-refractivity contribution in [3.05, 3.63) is 22.6 Å². The van der Waals surface area contributed by atoms with Gasteiger partial charge in [0.1, 0.15) is 5.82 Å². The number of nitrogens with one attached hydrogen (secondary N) is 1. The van der Waals surface area contributed by atoms with Crippen LogP contribution in [0.1, 0.15) is 12.8 Å². The van der Waals surface area contributed by atoms with E-state index in [1.165, 1.54) is 6.07 Å². The SMILES string of the molecule is O=C(Nc1ccc(Br)c(F)n1)C1CC1. The number of hydrogen-bond acceptors (Lipinski definition) is 2. The van der Waals surface area contributed by atoms with Crippen molar-refractivity contribution in [2.45, 2.75) is 12.8 Å². The minimum Gasteiger partial charge on any atom is -0.310 e. The van der Waals surface area contributed by atoms with Crippen molar-refractivity contribution in [3.63, 3.8) is 0 Å². The van der Waals surface area contributed by atoms with Crippen LogP contribution in [0, 0.1) is 11.9 Å². The van der Waals surface area contributed by atoms with Crippen LogP contribution < -0.4 is 5.32 Å². The van der Waals surface area contributed by atoms with Gasteiger partial charge in [-0.05, 0) is 40.9 Å². The van der Waals surface area contributed by atoms with E-state index >= 15 is 0 Å². The van der Waals surface area contributed by atoms with E-state index in [2.05, 4.69) is 26.2 Å². The van der Waals surface area contributed by atoms with Gasteiger partial charge in [0, 0.05) is 5.92 Å². The molecular formula is C9H8BrFN2O. The van der Waals surface area contributed by atoms with Crippen molar-refractivity contribution in [2.75, 3.05) is 5.32 Å². The Kier molecular flexibility index (Phi) is 2.50. The maximum absolute atomic E-state index is 12.9. The average molecular weight is 259 g/mol. The number of rotatable bonds is 2. The van der Waals surface area contributed by atoms with Gasteiger partial charge in [-0.3, -0.25) is 4.79 Å². The number of aromatic nitrogens is 1. The third kappa shape index (κ3) is 2.09. The highest BCUT2D eigenvalue weighted by Gasteiger charge is 2.29. The second kappa shape index (κ2) is 3.65. The molecule has 1 amide bonds. The van der Waals surface area contributed by atoms with Crippen LogP contribution in [-0.4, -0.2) is 10.9 Å². The monoisotopic (exact) mass is 258 g/mol. The number of pyridine rings is 1. The molecule has 1 heterocycles. The fraction of sp³-hybridized carbons (Fsp3) is 0.333. The van der Waals surface area contributed by atoms with Gasteiger partial charge in [-0.2, -0.15) is 4.39 Å². The Hall–Kier alpha value is -0.970. The Bertz CT molecular complexity index is 379. The number of carbonyl (C=O) groups excluding carboxylic acids is 1. The lowest BCUT2D eigenvalue weighted by atomic mass is 10.4. The highest BCUT2D eigenvalue weighted by Crippen LogP contribution is 2.30. The second-order valence-electron chi connectivity index (χ2n) is 3.23. The molecule has 2 rings (SSSR count). The summed E-state index contributed by atoms with van der Waals surface area (Å²) >= 11 is 2.99. The molecule has 0 saturated heterocycles. The summed E-state index contributed by atoms with van der Waals surface area (Å²) in [6, 6.07) is 3.08. The van der Waals surface area contributed by atoms with E-state index in [0.717, 1.165) is 12.8 Å². The van der Waals surface area contributed by atoms with E-state index in [9.17, 15) is 9.18 Å². The van der Waals surface area contributed by atoms with Gasteiger partial charge in [-0.15, -0.1) is 0 Å². The van der Waals surface area contributed by atoms with Crippen LogP contribution in [-0.2, 0) is 4.79 Å². The van der Waals surface area contributed by atoms with Crippen molar-refractivity contribution in [3.8, 4) is 0 Å². The molecule has 0 aliphatic heterocycles. The Morgan fingerprint density at radius 2 is 2.29 bits per heavy atom. The molecule has 5 heteroatoms. The minimum atomic E-state index is -0.612. The highest BCUT2D eigenvalue weighted by atomic mass is 79.9. The fourth-order valence-electron chi connectivity index (χ4n) is 1.06. The van der Waals surface area contributed by atoms with Crippen molar-refractivity contribution < 1.29 is 9.18 Å². The standard InChI is InChI=1S/C9H8BrFN2O/c10-6-3-4-7(12-8(6)11)13-9(14)5-1-2-5/h3-5H,1-2H2,(H,12,13,14). The smallest absolute Gasteiger partial charge is 0.229 e. The van der Waals surface area contributed by atoms with Gasteiger partial charge < -0.3 is 5.32 Å². The number of hydrogen-bond donors (Lipinski definition) is 1. The molecule has 1 fully saturated rings. The summed E-state index contributed by atoms with van der Waals surface area (Å²) < 4.78 is 13.2. The number of halogens is 2. The van der Waals surface area contributed by atoms with Crippen molar-refractivity contribution >= 4 is 27.7 Å². The van der Waals surface area contributed by atoms with Gasteiger partial charge in [0.15, 0.2) is 0 Å². The molecule has 3 nitrogen and oxygen atoms in total. The first kappa shape index (κ1) is 9.58. The molecule has 0 bridgehead atoms. The summed E-state index contributed by atoms with van der Waals surface area (Å²) in [4.78, 5) is 14.9. The topological polar surface area (TPSA) is 42.0 Å². The zero-order valence-electron chi connectivity index (χ0n) is 7.26. The maximum atomic E-state index is 12.9. The maximum Gasteiger partial charge on any atom is 0.229 e. The molecule has 0 unspecified atom stereocenters. The molecule has 1 aliphatic carbocycles. The third-order valence-electron chi connectivity index (χ3n) is 2.00. The largest absolute Gasteiger partial charge is 0.310 e. The van der Waals surface area contributed by atoms with Gasteiger partial charge >= 0.3 is 0 Å². The van der Waals surface area contributed by atoms with E-state index in [1.807, 2.05) is 0 Å². The number of anilines is 1. The zero-order valence-corrected chi connectivity index (χ0v) is 8.84. The molecule has 14 heavy (non-hydrogen) atoms. The highest BCUT2D eigenvalue weighted by molar-refractivity contribution is 9.10. The van der Waals surface area contributed by atoms with Gasteiger partial charge in [-0.25, -0.2) is 4.98 Å². The van der Waals surface area contributed by atoms with Crippen LogP contribution in [0.15, 0.2) is 16.6 Å². The Morgan fingerprint density at radius 3 is 2.86 bits per heavy atom. The summed E-state index contributed by atoms with van der Waals surface area (Å²) in [6.07, 6.45) is 1.84. The predicted octanol–water partition coefficient (Wildman–Crippen LogP) is 2.33. The molecule has 0 atom stereocenters. The van der Waals surface area contributed by atoms with Crippen LogP contribution in [0.5, 0.6) is 0 Å². The average Bonchev–Trinajstić information content (AvgIpc) is 2.94. The van der Waals surface area contributed by atoms with Gasteiger partial charge in [0.05, 0.1) is 4.47 Å². The molecule has 1 aromatic heterocycles. The first-order valence-electron chi connectivity index (χ1n) is 4.30. The minimum absolute atomic E-state index is 0.0702. The van der Waals surface area contributed by atoms with Crippen LogP contribution in [0.3, 0.4) is 0 Å². The lowest BCUT2D eigenvalue weighted by Gasteiger charge is -2.03. The molecule has 0 spiro atoms. The Balaban J connectivity index is 2.08. The molecule has 1 N–H and O–H groups in total. The second-order valence-corrected chi connectivity index (χ2v) is 4.09. The zero-order chi connectivity index (χ0) is 10.1. The van der Waals surface area contributed by atoms with E-state index < -0.39 is 5.95 Å². The molecule has 0 radical (unpaired) electrons. The van der Waals surface area contributed by atoms with Crippen LogP contribution in [0.2, 0.25) is 0 Å². The number of amides is 1. The van der Waals surface area contributed by atoms with E-state index in [1.54, 1.807) is 6.07 Å². The van der Waals surface area contributed by atoms with E-state index in [4.69, 9.17) is 0 Å². The molecule has 1 saturated carbocycles. The normalized spacial score (nSPS) is 15.3. The summed E-state index contributed by atoms with van der Waals surface area (Å²) in [5, 5.41) is 2.56. The summed E-state index contributed by atoms with van der Waals surface area (Å²) in [7, 11) is 0. The Labute approximate surface area is 88.8 Å². The lowest BCUT2D eigenvalue weighted by molar-refractivity contribution is -0.117. The fourth-order valence-corrected chi connectivity index (χ4v) is 1.28. The van der Waals surface area contributed by atoms with E-state index in [0.29, 0.717) is 4.47 Å². The predicted molar refractivity (Wildman–Crippen MR) is 53.2 cm³/mol. The lowest BCUT2D eigenvalue weighted by Crippen LogP contribution is -2.14.